The number of unbranched alkanes of at least 4 members (excludes halogenated alkanes) is 6. The van der Waals surface area contributed by atoms with Gasteiger partial charge in [0.1, 0.15) is 11.5 Å². The second-order valence-corrected chi connectivity index (χ2v) is 15.0. The molecule has 0 heterocycles. The lowest BCUT2D eigenvalue weighted by Gasteiger charge is -2.14. The summed E-state index contributed by atoms with van der Waals surface area (Å²) in [6, 6.07) is 36.8. The summed E-state index contributed by atoms with van der Waals surface area (Å²) in [7, 11) is 0. The molecular formula is C52H50O2S2. The largest absolute Gasteiger partial charge is 0.492 e. The second-order valence-electron chi connectivity index (χ2n) is 13.3. The first-order chi connectivity index (χ1) is 27.6. The monoisotopic (exact) mass is 770 g/mol. The van der Waals surface area contributed by atoms with E-state index in [2.05, 4.69) is 122 Å². The number of hydrogen-bond donors (Lipinski definition) is 0. The number of benzene rings is 5. The highest BCUT2D eigenvalue weighted by molar-refractivity contribution is 7.98. The predicted molar refractivity (Wildman–Crippen MR) is 239 cm³/mol. The van der Waals surface area contributed by atoms with Crippen molar-refractivity contribution >= 4 is 23.5 Å². The third-order valence-electron chi connectivity index (χ3n) is 8.93. The van der Waals surface area contributed by atoms with E-state index in [9.17, 15) is 0 Å². The first kappa shape index (κ1) is 41.8. The predicted octanol–water partition coefficient (Wildman–Crippen LogP) is 12.6. The summed E-state index contributed by atoms with van der Waals surface area (Å²) in [5.41, 5.74) is 7.28. The van der Waals surface area contributed by atoms with E-state index in [4.69, 9.17) is 9.47 Å². The SMILES string of the molecule is CCCCCCOc1cc(C#Cc2ccc(C#Cc3ccc(SC)cc3)cc2)c(OCCCCCC)cc1C#Cc1ccc(C#Cc2ccc(SC)cc2)cc1. The van der Waals surface area contributed by atoms with Gasteiger partial charge in [-0.3, -0.25) is 0 Å². The van der Waals surface area contributed by atoms with Crippen molar-refractivity contribution in [1.82, 2.24) is 0 Å². The summed E-state index contributed by atoms with van der Waals surface area (Å²) in [6.45, 7) is 5.68. The molecule has 0 saturated heterocycles. The summed E-state index contributed by atoms with van der Waals surface area (Å²) in [5, 5.41) is 0. The van der Waals surface area contributed by atoms with Gasteiger partial charge in [-0.15, -0.1) is 23.5 Å². The normalized spacial score (nSPS) is 10.1. The molecule has 0 atom stereocenters. The van der Waals surface area contributed by atoms with Gasteiger partial charge in [0.2, 0.25) is 0 Å². The summed E-state index contributed by atoms with van der Waals surface area (Å²) in [4.78, 5) is 2.46. The molecule has 0 N–H and O–H groups in total. The Balaban J connectivity index is 1.39. The Hall–Kier alpha value is -5.36. The molecule has 5 rings (SSSR count). The number of ether oxygens (including phenoxy) is 2. The Morgan fingerprint density at radius 2 is 0.661 bits per heavy atom. The molecule has 0 fully saturated rings. The lowest BCUT2D eigenvalue weighted by molar-refractivity contribution is 0.295. The molecule has 2 nitrogen and oxygen atoms in total. The standard InChI is InChI=1S/C52H50O2S2/c1-5-7-9-11-37-53-51-39-48(32-26-44-21-15-42(16-22-44)18-24-46-29-35-50(56-4)36-30-46)52(54-38-12-10-8-6-2)40-47(51)31-25-43-19-13-41(14-20-43)17-23-45-27-33-49(55-3)34-28-45/h13-16,19-22,27-30,33-36,39-40H,5-12,37-38H2,1-4H3. The molecule has 0 aliphatic carbocycles. The summed E-state index contributed by atoms with van der Waals surface area (Å²) in [6.07, 6.45) is 13.1. The molecule has 5 aromatic rings. The van der Waals surface area contributed by atoms with E-state index in [0.717, 1.165) is 81.7 Å². The van der Waals surface area contributed by atoms with Crippen molar-refractivity contribution in [1.29, 1.82) is 0 Å². The highest BCUT2D eigenvalue weighted by Gasteiger charge is 2.11. The maximum Gasteiger partial charge on any atom is 0.136 e. The van der Waals surface area contributed by atoms with Gasteiger partial charge < -0.3 is 9.47 Å². The molecule has 0 spiro atoms. The molecule has 5 aromatic carbocycles. The molecule has 0 bridgehead atoms. The molecule has 4 heteroatoms. The van der Waals surface area contributed by atoms with Crippen LogP contribution < -0.4 is 9.47 Å². The van der Waals surface area contributed by atoms with E-state index in [-0.39, 0.29) is 0 Å². The van der Waals surface area contributed by atoms with Gasteiger partial charge in [-0.1, -0.05) is 99.7 Å². The van der Waals surface area contributed by atoms with Crippen LogP contribution in [-0.4, -0.2) is 25.7 Å². The van der Waals surface area contributed by atoms with Crippen LogP contribution in [0.3, 0.4) is 0 Å². The van der Waals surface area contributed by atoms with E-state index < -0.39 is 0 Å². The Labute approximate surface area is 344 Å². The fourth-order valence-electron chi connectivity index (χ4n) is 5.61. The van der Waals surface area contributed by atoms with Crippen LogP contribution in [0.2, 0.25) is 0 Å². The molecule has 282 valence electrons. The molecular weight excluding hydrogens is 721 g/mol. The minimum atomic E-state index is 0.621. The molecule has 0 aliphatic heterocycles. The van der Waals surface area contributed by atoms with Crippen LogP contribution in [0.4, 0.5) is 0 Å². The van der Waals surface area contributed by atoms with Gasteiger partial charge in [0.15, 0.2) is 0 Å². The molecule has 0 unspecified atom stereocenters. The fourth-order valence-corrected chi connectivity index (χ4v) is 6.42. The topological polar surface area (TPSA) is 18.5 Å². The van der Waals surface area contributed by atoms with Gasteiger partial charge in [0.25, 0.3) is 0 Å². The van der Waals surface area contributed by atoms with Crippen LogP contribution in [0.15, 0.2) is 119 Å². The third kappa shape index (κ3) is 14.1. The van der Waals surface area contributed by atoms with E-state index in [1.165, 1.54) is 35.5 Å². The lowest BCUT2D eigenvalue weighted by atomic mass is 10.1. The van der Waals surface area contributed by atoms with Crippen LogP contribution >= 0.6 is 23.5 Å². The van der Waals surface area contributed by atoms with Gasteiger partial charge in [0.05, 0.1) is 24.3 Å². The zero-order valence-electron chi connectivity index (χ0n) is 33.1. The molecule has 56 heavy (non-hydrogen) atoms. The quantitative estimate of drug-likeness (QED) is 0.0636. The molecule has 0 amide bonds. The number of thioether (sulfide) groups is 2. The molecule has 0 aromatic heterocycles. The first-order valence-electron chi connectivity index (χ1n) is 19.6. The van der Waals surface area contributed by atoms with E-state index in [0.29, 0.717) is 13.2 Å². The minimum Gasteiger partial charge on any atom is -0.492 e. The van der Waals surface area contributed by atoms with Crippen molar-refractivity contribution in [3.8, 4) is 58.9 Å². The zero-order chi connectivity index (χ0) is 39.2. The molecule has 0 radical (unpaired) electrons. The van der Waals surface area contributed by atoms with Crippen molar-refractivity contribution in [2.45, 2.75) is 75.0 Å². The van der Waals surface area contributed by atoms with Gasteiger partial charge in [0, 0.05) is 55.3 Å². The van der Waals surface area contributed by atoms with Crippen molar-refractivity contribution in [3.63, 3.8) is 0 Å². The molecule has 0 aliphatic rings. The number of hydrogen-bond acceptors (Lipinski definition) is 4. The van der Waals surface area contributed by atoms with Crippen LogP contribution in [-0.2, 0) is 0 Å². The van der Waals surface area contributed by atoms with Crippen molar-refractivity contribution in [3.05, 3.63) is 154 Å². The van der Waals surface area contributed by atoms with Crippen molar-refractivity contribution < 1.29 is 9.47 Å². The highest BCUT2D eigenvalue weighted by atomic mass is 32.2. The maximum absolute atomic E-state index is 6.42. The minimum absolute atomic E-state index is 0.621. The van der Waals surface area contributed by atoms with E-state index in [1.54, 1.807) is 23.5 Å². The molecule has 0 saturated carbocycles. The van der Waals surface area contributed by atoms with Gasteiger partial charge in [-0.25, -0.2) is 0 Å². The summed E-state index contributed by atoms with van der Waals surface area (Å²) < 4.78 is 12.8. The van der Waals surface area contributed by atoms with Crippen molar-refractivity contribution in [2.24, 2.45) is 0 Å². The number of rotatable bonds is 14. The smallest absolute Gasteiger partial charge is 0.136 e. The van der Waals surface area contributed by atoms with E-state index in [1.807, 2.05) is 60.7 Å². The van der Waals surface area contributed by atoms with Gasteiger partial charge in [-0.2, -0.15) is 0 Å². The highest BCUT2D eigenvalue weighted by Crippen LogP contribution is 2.29. The van der Waals surface area contributed by atoms with Crippen LogP contribution in [0.25, 0.3) is 0 Å². The fraction of sp³-hybridized carbons (Fsp3) is 0.269. The first-order valence-corrected chi connectivity index (χ1v) is 22.0. The van der Waals surface area contributed by atoms with Crippen LogP contribution in [0.1, 0.15) is 110 Å². The van der Waals surface area contributed by atoms with E-state index >= 15 is 0 Å². The summed E-state index contributed by atoms with van der Waals surface area (Å²) in [5.74, 6) is 28.0. The second kappa shape index (κ2) is 23.5. The Kier molecular flexibility index (Phi) is 17.6. The Morgan fingerprint density at radius 3 is 0.946 bits per heavy atom. The van der Waals surface area contributed by atoms with Crippen molar-refractivity contribution in [2.75, 3.05) is 25.7 Å². The summed E-state index contributed by atoms with van der Waals surface area (Å²) >= 11 is 3.46. The average Bonchev–Trinajstić information content (AvgIpc) is 3.25. The lowest BCUT2D eigenvalue weighted by Crippen LogP contribution is -2.03. The Morgan fingerprint density at radius 1 is 0.375 bits per heavy atom. The van der Waals surface area contributed by atoms with Crippen LogP contribution in [0, 0.1) is 47.4 Å². The zero-order valence-corrected chi connectivity index (χ0v) is 34.7. The van der Waals surface area contributed by atoms with Gasteiger partial charge in [-0.05, 0) is 122 Å². The Bertz CT molecular complexity index is 2080. The third-order valence-corrected chi connectivity index (χ3v) is 10.4. The van der Waals surface area contributed by atoms with Gasteiger partial charge >= 0.3 is 0 Å². The average molecular weight is 771 g/mol. The maximum atomic E-state index is 6.42. The van der Waals surface area contributed by atoms with Crippen LogP contribution in [0.5, 0.6) is 11.5 Å².